The van der Waals surface area contributed by atoms with E-state index in [2.05, 4.69) is 5.43 Å². The minimum atomic E-state index is -0.316. The zero-order valence-corrected chi connectivity index (χ0v) is 13.6. The number of nitrogens with one attached hydrogen (secondary N) is 1. The van der Waals surface area contributed by atoms with Crippen molar-refractivity contribution in [2.75, 3.05) is 14.2 Å². The number of hydrogen-bond donors (Lipinski definition) is 2. The number of rotatable bonds is 5. The molecule has 2 rings (SSSR count). The van der Waals surface area contributed by atoms with Gasteiger partial charge in [0.25, 0.3) is 0 Å². The van der Waals surface area contributed by atoms with Crippen molar-refractivity contribution in [2.45, 2.75) is 50.2 Å². The molecule has 21 heavy (non-hydrogen) atoms. The summed E-state index contributed by atoms with van der Waals surface area (Å²) < 4.78 is 11.4. The van der Waals surface area contributed by atoms with Crippen LogP contribution < -0.4 is 16.0 Å². The quantitative estimate of drug-likeness (QED) is 0.495. The lowest BCUT2D eigenvalue weighted by atomic mass is 9.82. The van der Waals surface area contributed by atoms with Crippen molar-refractivity contribution in [3.63, 3.8) is 0 Å². The van der Waals surface area contributed by atoms with Crippen molar-refractivity contribution in [1.29, 1.82) is 0 Å². The lowest BCUT2D eigenvalue weighted by molar-refractivity contribution is -0.0545. The number of nitrogens with two attached hydrogens (primary N) is 1. The summed E-state index contributed by atoms with van der Waals surface area (Å²) in [6, 6.07) is 5.47. The van der Waals surface area contributed by atoms with E-state index in [4.69, 9.17) is 26.9 Å². The molecule has 0 radical (unpaired) electrons. The highest BCUT2D eigenvalue weighted by atomic mass is 35.5. The largest absolute Gasteiger partial charge is 0.496 e. The van der Waals surface area contributed by atoms with E-state index < -0.39 is 0 Å². The number of methoxy groups -OCH3 is 2. The van der Waals surface area contributed by atoms with E-state index in [1.165, 1.54) is 12.8 Å². The first-order valence-corrected chi connectivity index (χ1v) is 7.89. The molecule has 0 spiro atoms. The van der Waals surface area contributed by atoms with Gasteiger partial charge in [0, 0.05) is 17.7 Å². The summed E-state index contributed by atoms with van der Waals surface area (Å²) >= 11 is 6.17. The molecular formula is C16H25ClN2O2. The third kappa shape index (κ3) is 3.51. The van der Waals surface area contributed by atoms with Crippen molar-refractivity contribution in [3.05, 3.63) is 28.8 Å². The molecule has 1 unspecified atom stereocenters. The Bertz CT molecular complexity index is 460. The third-order valence-corrected chi connectivity index (χ3v) is 4.79. The van der Waals surface area contributed by atoms with Crippen LogP contribution in [-0.2, 0) is 4.74 Å². The van der Waals surface area contributed by atoms with Gasteiger partial charge >= 0.3 is 0 Å². The molecule has 1 atom stereocenters. The molecule has 4 nitrogen and oxygen atoms in total. The Morgan fingerprint density at radius 1 is 1.19 bits per heavy atom. The Labute approximate surface area is 131 Å². The van der Waals surface area contributed by atoms with Gasteiger partial charge in [-0.15, -0.1) is 0 Å². The minimum absolute atomic E-state index is 0.144. The Hall–Kier alpha value is -0.810. The number of halogens is 1. The van der Waals surface area contributed by atoms with Gasteiger partial charge in [-0.2, -0.15) is 0 Å². The topological polar surface area (TPSA) is 56.5 Å². The fourth-order valence-electron chi connectivity index (χ4n) is 3.39. The predicted octanol–water partition coefficient (Wildman–Crippen LogP) is 3.59. The van der Waals surface area contributed by atoms with Crippen LogP contribution in [0.4, 0.5) is 0 Å². The molecule has 0 saturated heterocycles. The van der Waals surface area contributed by atoms with Gasteiger partial charge in [0.15, 0.2) is 0 Å². The molecule has 0 aliphatic heterocycles. The van der Waals surface area contributed by atoms with Crippen LogP contribution in [0.3, 0.4) is 0 Å². The Kier molecular flexibility index (Phi) is 5.88. The molecule has 1 aliphatic carbocycles. The Morgan fingerprint density at radius 3 is 2.38 bits per heavy atom. The molecule has 3 N–H and O–H groups in total. The van der Waals surface area contributed by atoms with Gasteiger partial charge < -0.3 is 9.47 Å². The van der Waals surface area contributed by atoms with Crippen LogP contribution in [0.25, 0.3) is 0 Å². The fraction of sp³-hybridized carbons (Fsp3) is 0.625. The average Bonchev–Trinajstić information content (AvgIpc) is 2.75. The predicted molar refractivity (Wildman–Crippen MR) is 85.5 cm³/mol. The second kappa shape index (κ2) is 7.45. The lowest BCUT2D eigenvalue weighted by Crippen LogP contribution is -2.48. The minimum Gasteiger partial charge on any atom is -0.496 e. The molecule has 0 heterocycles. The molecule has 1 aromatic carbocycles. The maximum Gasteiger partial charge on any atom is 0.123 e. The van der Waals surface area contributed by atoms with Crippen LogP contribution in [-0.4, -0.2) is 19.8 Å². The van der Waals surface area contributed by atoms with Crippen molar-refractivity contribution in [3.8, 4) is 5.75 Å². The summed E-state index contributed by atoms with van der Waals surface area (Å²) in [7, 11) is 3.43. The van der Waals surface area contributed by atoms with Crippen molar-refractivity contribution in [2.24, 2.45) is 5.84 Å². The standard InChI is InChI=1S/C16H25ClN2O2/c1-20-14-8-7-12(17)11-13(14)15(19-18)16(21-2)9-5-3-4-6-10-16/h7-8,11,15,19H,3-6,9-10,18H2,1-2H3. The second-order valence-electron chi connectivity index (χ2n) is 5.67. The summed E-state index contributed by atoms with van der Waals surface area (Å²) in [6.07, 6.45) is 6.75. The van der Waals surface area contributed by atoms with E-state index >= 15 is 0 Å². The van der Waals surface area contributed by atoms with E-state index in [0.717, 1.165) is 37.0 Å². The summed E-state index contributed by atoms with van der Waals surface area (Å²) in [4.78, 5) is 0. The molecule has 0 aromatic heterocycles. The average molecular weight is 313 g/mol. The van der Waals surface area contributed by atoms with Crippen LogP contribution in [0, 0.1) is 0 Å². The van der Waals surface area contributed by atoms with E-state index in [9.17, 15) is 0 Å². The van der Waals surface area contributed by atoms with Gasteiger partial charge in [-0.05, 0) is 31.0 Å². The molecule has 0 amide bonds. The van der Waals surface area contributed by atoms with Gasteiger partial charge in [-0.3, -0.25) is 5.84 Å². The zero-order valence-electron chi connectivity index (χ0n) is 12.8. The van der Waals surface area contributed by atoms with E-state index in [0.29, 0.717) is 5.02 Å². The highest BCUT2D eigenvalue weighted by Gasteiger charge is 2.41. The highest BCUT2D eigenvalue weighted by Crippen LogP contribution is 2.43. The molecular weight excluding hydrogens is 288 g/mol. The first-order valence-electron chi connectivity index (χ1n) is 7.51. The van der Waals surface area contributed by atoms with Gasteiger partial charge in [-0.25, -0.2) is 5.43 Å². The monoisotopic (exact) mass is 312 g/mol. The van der Waals surface area contributed by atoms with Crippen LogP contribution in [0.5, 0.6) is 5.75 Å². The smallest absolute Gasteiger partial charge is 0.123 e. The van der Waals surface area contributed by atoms with Gasteiger partial charge in [-0.1, -0.05) is 37.3 Å². The SMILES string of the molecule is COc1ccc(Cl)cc1C(NN)C1(OC)CCCCCC1. The summed E-state index contributed by atoms with van der Waals surface area (Å²) in [5.74, 6) is 6.67. The molecule has 1 aliphatic rings. The summed E-state index contributed by atoms with van der Waals surface area (Å²) in [6.45, 7) is 0. The van der Waals surface area contributed by atoms with E-state index in [1.807, 2.05) is 18.2 Å². The lowest BCUT2D eigenvalue weighted by Gasteiger charge is -2.39. The third-order valence-electron chi connectivity index (χ3n) is 4.55. The van der Waals surface area contributed by atoms with Crippen molar-refractivity contribution < 1.29 is 9.47 Å². The molecule has 118 valence electrons. The van der Waals surface area contributed by atoms with Crippen molar-refractivity contribution in [1.82, 2.24) is 5.43 Å². The van der Waals surface area contributed by atoms with E-state index in [-0.39, 0.29) is 11.6 Å². The van der Waals surface area contributed by atoms with Gasteiger partial charge in [0.05, 0.1) is 18.8 Å². The van der Waals surface area contributed by atoms with Crippen LogP contribution in [0.2, 0.25) is 5.02 Å². The first kappa shape index (κ1) is 16.6. The number of hydrazine groups is 1. The normalized spacial score (nSPS) is 19.8. The zero-order chi connectivity index (χ0) is 15.3. The van der Waals surface area contributed by atoms with Crippen molar-refractivity contribution >= 4 is 11.6 Å². The van der Waals surface area contributed by atoms with Gasteiger partial charge in [0.1, 0.15) is 5.75 Å². The van der Waals surface area contributed by atoms with Crippen LogP contribution >= 0.6 is 11.6 Å². The highest BCUT2D eigenvalue weighted by molar-refractivity contribution is 6.30. The first-order chi connectivity index (χ1) is 10.2. The molecule has 0 bridgehead atoms. The summed E-state index contributed by atoms with van der Waals surface area (Å²) in [5.41, 5.74) is 3.58. The molecule has 1 aromatic rings. The molecule has 5 heteroatoms. The van der Waals surface area contributed by atoms with Crippen LogP contribution in [0.1, 0.15) is 50.1 Å². The van der Waals surface area contributed by atoms with E-state index in [1.54, 1.807) is 14.2 Å². The van der Waals surface area contributed by atoms with Crippen LogP contribution in [0.15, 0.2) is 18.2 Å². The summed E-state index contributed by atoms with van der Waals surface area (Å²) in [5, 5.41) is 0.672. The van der Waals surface area contributed by atoms with Gasteiger partial charge in [0.2, 0.25) is 0 Å². The number of hydrogen-bond acceptors (Lipinski definition) is 4. The maximum absolute atomic E-state index is 6.17. The molecule has 1 saturated carbocycles. The Morgan fingerprint density at radius 2 is 1.86 bits per heavy atom. The molecule has 1 fully saturated rings. The number of benzene rings is 1. The Balaban J connectivity index is 2.43. The fourth-order valence-corrected chi connectivity index (χ4v) is 3.57. The number of ether oxygens (including phenoxy) is 2. The second-order valence-corrected chi connectivity index (χ2v) is 6.11. The maximum atomic E-state index is 6.17.